The summed E-state index contributed by atoms with van der Waals surface area (Å²) in [5.74, 6) is -2.04. The molecule has 0 spiro atoms. The quantitative estimate of drug-likeness (QED) is 0.472. The molecule has 0 bridgehead atoms. The van der Waals surface area contributed by atoms with Gasteiger partial charge in [-0.1, -0.05) is 42.1 Å². The molecule has 8 heteroatoms. The molecule has 2 N–H and O–H groups in total. The molecule has 3 unspecified atom stereocenters. The first-order chi connectivity index (χ1) is 12.8. The Balaban J connectivity index is 1.69. The van der Waals surface area contributed by atoms with Crippen molar-refractivity contribution in [3.05, 3.63) is 33.8 Å². The molecule has 6 nitrogen and oxygen atoms in total. The fourth-order valence-corrected chi connectivity index (χ4v) is 3.68. The Bertz CT molecular complexity index is 680. The van der Waals surface area contributed by atoms with Gasteiger partial charge in [-0.3, -0.25) is 0 Å². The van der Waals surface area contributed by atoms with E-state index in [2.05, 4.69) is 4.74 Å². The summed E-state index contributed by atoms with van der Waals surface area (Å²) in [4.78, 5) is 23.2. The second kappa shape index (κ2) is 9.73. The third kappa shape index (κ3) is 5.57. The van der Waals surface area contributed by atoms with E-state index in [4.69, 9.17) is 27.9 Å². The lowest BCUT2D eigenvalue weighted by Crippen LogP contribution is -2.51. The maximum Gasteiger partial charge on any atom is 0.341 e. The first kappa shape index (κ1) is 22.0. The highest BCUT2D eigenvalue weighted by Gasteiger charge is 2.55. The van der Waals surface area contributed by atoms with Crippen LogP contribution in [0.25, 0.3) is 0 Å². The molecular formula is C19H24Cl2O6. The molecule has 1 heterocycles. The van der Waals surface area contributed by atoms with E-state index in [1.165, 1.54) is 0 Å². The number of benzene rings is 1. The highest BCUT2D eigenvalue weighted by Crippen LogP contribution is 2.32. The van der Waals surface area contributed by atoms with Crippen LogP contribution in [-0.2, 0) is 25.5 Å². The maximum atomic E-state index is 11.9. The van der Waals surface area contributed by atoms with Gasteiger partial charge >= 0.3 is 11.9 Å². The van der Waals surface area contributed by atoms with Crippen LogP contribution < -0.4 is 0 Å². The molecule has 1 aliphatic rings. The summed E-state index contributed by atoms with van der Waals surface area (Å²) in [6.07, 6.45) is 2.52. The summed E-state index contributed by atoms with van der Waals surface area (Å²) < 4.78 is 9.49. The second-order valence-electron chi connectivity index (χ2n) is 6.77. The Morgan fingerprint density at radius 1 is 1.33 bits per heavy atom. The molecule has 150 valence electrons. The van der Waals surface area contributed by atoms with Crippen LogP contribution >= 0.6 is 23.2 Å². The number of halogens is 2. The van der Waals surface area contributed by atoms with Crippen LogP contribution in [0.15, 0.2) is 18.2 Å². The van der Waals surface area contributed by atoms with Crippen molar-refractivity contribution in [2.24, 2.45) is 0 Å². The summed E-state index contributed by atoms with van der Waals surface area (Å²) in [6, 6.07) is 5.48. The number of aryl methyl sites for hydroxylation is 1. The van der Waals surface area contributed by atoms with Crippen molar-refractivity contribution in [2.45, 2.75) is 62.8 Å². The summed E-state index contributed by atoms with van der Waals surface area (Å²) in [6.45, 7) is 0. The van der Waals surface area contributed by atoms with Crippen LogP contribution in [0.4, 0.5) is 0 Å². The monoisotopic (exact) mass is 418 g/mol. The normalized spacial score (nSPS) is 23.1. The molecule has 0 aliphatic carbocycles. The first-order valence-corrected chi connectivity index (χ1v) is 9.67. The number of carbonyl (C=O) groups excluding carboxylic acids is 2. The molecule has 2 rings (SSSR count). The Labute approximate surface area is 168 Å². The van der Waals surface area contributed by atoms with Crippen molar-refractivity contribution in [2.75, 3.05) is 7.11 Å². The van der Waals surface area contributed by atoms with Gasteiger partial charge in [0, 0.05) is 16.5 Å². The second-order valence-corrected chi connectivity index (χ2v) is 7.61. The third-order valence-electron chi connectivity index (χ3n) is 4.78. The van der Waals surface area contributed by atoms with E-state index in [0.29, 0.717) is 16.5 Å². The molecule has 1 aromatic carbocycles. The number of methoxy groups -OCH3 is 1. The van der Waals surface area contributed by atoms with Crippen molar-refractivity contribution < 1.29 is 29.3 Å². The van der Waals surface area contributed by atoms with Gasteiger partial charge in [-0.2, -0.15) is 0 Å². The number of esters is 2. The number of rotatable bonds is 9. The van der Waals surface area contributed by atoms with Gasteiger partial charge in [-0.25, -0.2) is 9.59 Å². The zero-order chi connectivity index (χ0) is 20.0. The topological polar surface area (TPSA) is 93.1 Å². The van der Waals surface area contributed by atoms with Gasteiger partial charge in [-0.05, 0) is 43.4 Å². The van der Waals surface area contributed by atoms with Crippen LogP contribution in [0.5, 0.6) is 0 Å². The Morgan fingerprint density at radius 3 is 2.70 bits per heavy atom. The minimum Gasteiger partial charge on any atom is -0.467 e. The fourth-order valence-electron chi connectivity index (χ4n) is 3.18. The molecule has 0 amide bonds. The minimum atomic E-state index is -2.23. The van der Waals surface area contributed by atoms with Gasteiger partial charge < -0.3 is 19.7 Å². The average molecular weight is 419 g/mol. The Morgan fingerprint density at radius 2 is 2.04 bits per heavy atom. The summed E-state index contributed by atoms with van der Waals surface area (Å²) in [5.41, 5.74) is -1.17. The smallest absolute Gasteiger partial charge is 0.341 e. The Kier molecular flexibility index (Phi) is 7.91. The number of cyclic esters (lactones) is 1. The minimum absolute atomic E-state index is 0.123. The van der Waals surface area contributed by atoms with Gasteiger partial charge in [0.25, 0.3) is 0 Å². The maximum absolute atomic E-state index is 11.9. The van der Waals surface area contributed by atoms with Crippen LogP contribution in [0, 0.1) is 0 Å². The zero-order valence-electron chi connectivity index (χ0n) is 15.1. The predicted octanol–water partition coefficient (Wildman–Crippen LogP) is 3.07. The lowest BCUT2D eigenvalue weighted by molar-refractivity contribution is -0.178. The molecule has 0 radical (unpaired) electrons. The van der Waals surface area contributed by atoms with E-state index >= 15 is 0 Å². The fraction of sp³-hybridized carbons (Fsp3) is 0.579. The van der Waals surface area contributed by atoms with Crippen LogP contribution in [0.1, 0.15) is 44.1 Å². The molecule has 27 heavy (non-hydrogen) atoms. The average Bonchev–Trinajstić information content (AvgIpc) is 2.93. The summed E-state index contributed by atoms with van der Waals surface area (Å²) in [5, 5.41) is 21.4. The number of hydrogen-bond acceptors (Lipinski definition) is 6. The van der Waals surface area contributed by atoms with E-state index in [0.717, 1.165) is 44.8 Å². The van der Waals surface area contributed by atoms with E-state index in [1.54, 1.807) is 6.07 Å². The van der Waals surface area contributed by atoms with Gasteiger partial charge in [0.15, 0.2) is 6.10 Å². The van der Waals surface area contributed by atoms with Crippen molar-refractivity contribution in [3.63, 3.8) is 0 Å². The number of aliphatic hydroxyl groups excluding tert-OH is 1. The lowest BCUT2D eigenvalue weighted by atomic mass is 9.91. The molecule has 0 saturated carbocycles. The predicted molar refractivity (Wildman–Crippen MR) is 101 cm³/mol. The number of hydrogen-bond donors (Lipinski definition) is 2. The largest absolute Gasteiger partial charge is 0.467 e. The van der Waals surface area contributed by atoms with Gasteiger partial charge in [0.2, 0.25) is 5.60 Å². The first-order valence-electron chi connectivity index (χ1n) is 8.91. The molecule has 1 fully saturated rings. The van der Waals surface area contributed by atoms with E-state index in [9.17, 15) is 19.8 Å². The van der Waals surface area contributed by atoms with Crippen molar-refractivity contribution >= 4 is 35.1 Å². The molecule has 1 aromatic rings. The number of unbranched alkanes of at least 4 members (excludes halogenated alkanes) is 3. The van der Waals surface area contributed by atoms with Crippen LogP contribution in [-0.4, -0.2) is 47.1 Å². The SMILES string of the molecule is COC(=O)C(O)C1(O)CC(CCCCCCc2ccc(Cl)cc2Cl)OC1=O. The summed E-state index contributed by atoms with van der Waals surface area (Å²) in [7, 11) is 1.07. The van der Waals surface area contributed by atoms with Gasteiger partial charge in [0.05, 0.1) is 7.11 Å². The van der Waals surface area contributed by atoms with Crippen molar-refractivity contribution in [1.29, 1.82) is 0 Å². The van der Waals surface area contributed by atoms with Crippen molar-refractivity contribution in [1.82, 2.24) is 0 Å². The van der Waals surface area contributed by atoms with Crippen LogP contribution in [0.2, 0.25) is 10.0 Å². The number of ether oxygens (including phenoxy) is 2. The number of aliphatic hydroxyl groups is 2. The summed E-state index contributed by atoms with van der Waals surface area (Å²) >= 11 is 12.0. The highest BCUT2D eigenvalue weighted by atomic mass is 35.5. The lowest BCUT2D eigenvalue weighted by Gasteiger charge is -2.22. The molecular weight excluding hydrogens is 395 g/mol. The number of carbonyl (C=O) groups is 2. The third-order valence-corrected chi connectivity index (χ3v) is 5.37. The molecule has 1 aliphatic heterocycles. The van der Waals surface area contributed by atoms with Crippen molar-refractivity contribution in [3.8, 4) is 0 Å². The molecule has 0 aromatic heterocycles. The van der Waals surface area contributed by atoms with Gasteiger partial charge in [-0.15, -0.1) is 0 Å². The molecule has 3 atom stereocenters. The van der Waals surface area contributed by atoms with Gasteiger partial charge in [0.1, 0.15) is 6.10 Å². The Hall–Kier alpha value is -1.34. The van der Waals surface area contributed by atoms with E-state index in [1.807, 2.05) is 12.1 Å². The zero-order valence-corrected chi connectivity index (χ0v) is 16.6. The van der Waals surface area contributed by atoms with E-state index < -0.39 is 29.7 Å². The molecule has 1 saturated heterocycles. The van der Waals surface area contributed by atoms with E-state index in [-0.39, 0.29) is 6.42 Å². The van der Waals surface area contributed by atoms with Crippen LogP contribution in [0.3, 0.4) is 0 Å². The standard InChI is InChI=1S/C19H24Cl2O6/c1-26-17(23)16(22)19(25)11-14(27-18(19)24)7-5-3-2-4-6-12-8-9-13(20)10-15(12)21/h8-10,14,16,22,25H,2-7,11H2,1H3. The highest BCUT2D eigenvalue weighted by molar-refractivity contribution is 6.35.